The van der Waals surface area contributed by atoms with Crippen molar-refractivity contribution in [1.82, 2.24) is 24.2 Å². The number of piperidine rings is 1. The molecule has 4 rings (SSSR count). The van der Waals surface area contributed by atoms with E-state index < -0.39 is 23.7 Å². The normalized spacial score (nSPS) is 15.6. The number of hydrogen-bond donors (Lipinski definition) is 2. The van der Waals surface area contributed by atoms with E-state index in [0.717, 1.165) is 44.3 Å². The highest BCUT2D eigenvalue weighted by molar-refractivity contribution is 7.96. The Morgan fingerprint density at radius 3 is 2.25 bits per heavy atom. The van der Waals surface area contributed by atoms with Gasteiger partial charge in [-0.25, -0.2) is 15.0 Å². The highest BCUT2D eigenvalue weighted by Crippen LogP contribution is 2.32. The minimum atomic E-state index is -4.66. The van der Waals surface area contributed by atoms with Crippen molar-refractivity contribution in [2.45, 2.75) is 31.2 Å². The van der Waals surface area contributed by atoms with Crippen LogP contribution in [0.15, 0.2) is 42.6 Å². The van der Waals surface area contributed by atoms with Gasteiger partial charge in [0.2, 0.25) is 0 Å². The summed E-state index contributed by atoms with van der Waals surface area (Å²) in [5, 5.41) is 6.05. The molecule has 192 valence electrons. The first-order valence-corrected chi connectivity index (χ1v) is 12.0. The zero-order valence-corrected chi connectivity index (χ0v) is 19.7. The van der Waals surface area contributed by atoms with Crippen LogP contribution >= 0.6 is 11.9 Å². The first-order valence-electron chi connectivity index (χ1n) is 10.8. The maximum Gasteiger partial charge on any atom is 0.433 e. The Bertz CT molecular complexity index is 1200. The number of aromatic nitrogens is 4. The summed E-state index contributed by atoms with van der Waals surface area (Å²) in [6.07, 6.45) is -4.69. The Morgan fingerprint density at radius 1 is 0.889 bits per heavy atom. The highest BCUT2D eigenvalue weighted by atomic mass is 32.2. The van der Waals surface area contributed by atoms with Crippen molar-refractivity contribution in [3.05, 3.63) is 54.0 Å². The van der Waals surface area contributed by atoms with E-state index in [1.807, 2.05) is 6.26 Å². The van der Waals surface area contributed by atoms with Crippen molar-refractivity contribution in [2.24, 2.45) is 0 Å². The highest BCUT2D eigenvalue weighted by Gasteiger charge is 2.33. The maximum atomic E-state index is 13.2. The monoisotopic (exact) mass is 529 g/mol. The molecule has 1 aliphatic heterocycles. The second kappa shape index (κ2) is 10.5. The Morgan fingerprint density at radius 2 is 1.58 bits per heavy atom. The van der Waals surface area contributed by atoms with Gasteiger partial charge in [0.25, 0.3) is 0 Å². The lowest BCUT2D eigenvalue weighted by Gasteiger charge is -2.30. The molecule has 0 atom stereocenters. The molecule has 4 heterocycles. The third-order valence-corrected chi connectivity index (χ3v) is 6.26. The van der Waals surface area contributed by atoms with Crippen LogP contribution in [0.2, 0.25) is 0 Å². The van der Waals surface area contributed by atoms with Gasteiger partial charge in [-0.15, -0.1) is 0 Å². The summed E-state index contributed by atoms with van der Waals surface area (Å²) in [4.78, 5) is 15.6. The molecule has 14 heteroatoms. The summed E-state index contributed by atoms with van der Waals surface area (Å²) >= 11 is 1.65. The Kier molecular flexibility index (Phi) is 7.54. The van der Waals surface area contributed by atoms with E-state index in [0.29, 0.717) is 5.82 Å². The van der Waals surface area contributed by atoms with Gasteiger partial charge in [-0.05, 0) is 43.4 Å². The number of anilines is 3. The Hall–Kier alpha value is -3.13. The summed E-state index contributed by atoms with van der Waals surface area (Å²) in [6, 6.07) is 7.05. The number of alkyl halides is 6. The number of pyridine rings is 2. The molecule has 3 aromatic rings. The molecular formula is C22H21F6N7S. The van der Waals surface area contributed by atoms with Crippen LogP contribution in [0.4, 0.5) is 43.7 Å². The van der Waals surface area contributed by atoms with Crippen molar-refractivity contribution in [3.63, 3.8) is 0 Å². The van der Waals surface area contributed by atoms with E-state index in [1.165, 1.54) is 24.3 Å². The van der Waals surface area contributed by atoms with E-state index in [-0.39, 0.29) is 29.1 Å². The van der Waals surface area contributed by atoms with Gasteiger partial charge in [-0.1, -0.05) is 18.0 Å². The molecule has 0 bridgehead atoms. The molecule has 1 fully saturated rings. The molecule has 1 saturated heterocycles. The Labute approximate surface area is 206 Å². The summed E-state index contributed by atoms with van der Waals surface area (Å²) in [7, 11) is 0. The van der Waals surface area contributed by atoms with Crippen molar-refractivity contribution < 1.29 is 26.3 Å². The first-order chi connectivity index (χ1) is 17.0. The fourth-order valence-electron chi connectivity index (χ4n) is 3.62. The molecule has 36 heavy (non-hydrogen) atoms. The number of nitrogens with one attached hydrogen (secondary N) is 2. The van der Waals surface area contributed by atoms with Crippen molar-refractivity contribution in [3.8, 4) is 11.5 Å². The van der Waals surface area contributed by atoms with Gasteiger partial charge in [0.15, 0.2) is 5.82 Å². The van der Waals surface area contributed by atoms with Crippen LogP contribution < -0.4 is 10.6 Å². The van der Waals surface area contributed by atoms with Crippen molar-refractivity contribution in [2.75, 3.05) is 30.0 Å². The molecule has 0 aromatic carbocycles. The van der Waals surface area contributed by atoms with Crippen LogP contribution in [0.25, 0.3) is 11.5 Å². The molecule has 0 spiro atoms. The van der Waals surface area contributed by atoms with Crippen LogP contribution in [0, 0.1) is 0 Å². The van der Waals surface area contributed by atoms with Gasteiger partial charge in [0, 0.05) is 37.1 Å². The average molecular weight is 530 g/mol. The predicted molar refractivity (Wildman–Crippen MR) is 125 cm³/mol. The molecule has 1 aliphatic rings. The molecule has 0 unspecified atom stereocenters. The average Bonchev–Trinajstić information content (AvgIpc) is 2.83. The fraction of sp³-hybridized carbons (Fsp3) is 0.364. The van der Waals surface area contributed by atoms with Crippen LogP contribution in [0.5, 0.6) is 0 Å². The predicted octanol–water partition coefficient (Wildman–Crippen LogP) is 5.87. The Balaban J connectivity index is 1.67. The van der Waals surface area contributed by atoms with Crippen molar-refractivity contribution >= 4 is 29.3 Å². The number of halogens is 6. The maximum absolute atomic E-state index is 13.2. The summed E-state index contributed by atoms with van der Waals surface area (Å²) in [5.41, 5.74) is -2.28. The molecular weight excluding hydrogens is 508 g/mol. The van der Waals surface area contributed by atoms with Crippen molar-refractivity contribution in [1.29, 1.82) is 0 Å². The van der Waals surface area contributed by atoms with Crippen LogP contribution in [0.1, 0.15) is 24.2 Å². The largest absolute Gasteiger partial charge is 0.433 e. The molecule has 3 aromatic heterocycles. The van der Waals surface area contributed by atoms with E-state index in [4.69, 9.17) is 0 Å². The third-order valence-electron chi connectivity index (χ3n) is 5.38. The quantitative estimate of drug-likeness (QED) is 0.303. The van der Waals surface area contributed by atoms with Crippen LogP contribution in [0.3, 0.4) is 0 Å². The number of hydrogen-bond acceptors (Lipinski definition) is 8. The fourth-order valence-corrected chi connectivity index (χ4v) is 4.20. The van der Waals surface area contributed by atoms with E-state index in [1.54, 1.807) is 11.9 Å². The molecule has 0 aliphatic carbocycles. The standard InChI is InChI=1S/C22H21F6N7S/c1-36-35-9-6-13(7-10-35)30-18-12-19(31-14-5-8-29-17(11-14)22(26,27)28)34-20(33-18)15-3-2-4-16(32-15)21(23,24)25/h2-5,8,11-13H,6-7,9-10H2,1H3,(H2,29,30,31,33,34). The molecule has 0 amide bonds. The number of nitrogens with zero attached hydrogens (tertiary/aromatic N) is 5. The van der Waals surface area contributed by atoms with Crippen LogP contribution in [-0.4, -0.2) is 49.6 Å². The topological polar surface area (TPSA) is 78.9 Å². The number of rotatable bonds is 6. The smallest absolute Gasteiger partial charge is 0.367 e. The summed E-state index contributed by atoms with van der Waals surface area (Å²) in [5.74, 6) is 0.289. The lowest BCUT2D eigenvalue weighted by molar-refractivity contribution is -0.141. The van der Waals surface area contributed by atoms with E-state index in [2.05, 4.69) is 34.9 Å². The molecule has 0 saturated carbocycles. The SMILES string of the molecule is CSN1CCC(Nc2cc(Nc3ccnc(C(F)(F)F)c3)nc(-c3cccc(C(F)(F)F)n3)n2)CC1. The summed E-state index contributed by atoms with van der Waals surface area (Å²) < 4.78 is 81.0. The third kappa shape index (κ3) is 6.55. The van der Waals surface area contributed by atoms with Gasteiger partial charge in [0.05, 0.1) is 0 Å². The van der Waals surface area contributed by atoms with Gasteiger partial charge in [-0.3, -0.25) is 9.29 Å². The minimum Gasteiger partial charge on any atom is -0.367 e. The second-order valence-electron chi connectivity index (χ2n) is 7.95. The summed E-state index contributed by atoms with van der Waals surface area (Å²) in [6.45, 7) is 1.68. The molecule has 7 nitrogen and oxygen atoms in total. The molecule has 0 radical (unpaired) electrons. The second-order valence-corrected chi connectivity index (χ2v) is 8.83. The van der Waals surface area contributed by atoms with Gasteiger partial charge in [0.1, 0.15) is 28.7 Å². The zero-order chi connectivity index (χ0) is 25.9. The lowest BCUT2D eigenvalue weighted by atomic mass is 10.1. The first kappa shape index (κ1) is 25.9. The van der Waals surface area contributed by atoms with Gasteiger partial charge < -0.3 is 10.6 Å². The zero-order valence-electron chi connectivity index (χ0n) is 18.9. The van der Waals surface area contributed by atoms with E-state index in [9.17, 15) is 26.3 Å². The lowest BCUT2D eigenvalue weighted by Crippen LogP contribution is -2.35. The van der Waals surface area contributed by atoms with Gasteiger partial charge in [-0.2, -0.15) is 26.3 Å². The minimum absolute atomic E-state index is 0.0521. The van der Waals surface area contributed by atoms with Gasteiger partial charge >= 0.3 is 12.4 Å². The van der Waals surface area contributed by atoms with Crippen LogP contribution in [-0.2, 0) is 12.4 Å². The molecule has 2 N–H and O–H groups in total. The van der Waals surface area contributed by atoms with E-state index >= 15 is 0 Å².